The minimum atomic E-state index is 1.25. The Kier molecular flexibility index (Phi) is 1110. The predicted molar refractivity (Wildman–Crippen MR) is 125 cm³/mol. The summed E-state index contributed by atoms with van der Waals surface area (Å²) in [7, 11) is 0. The van der Waals surface area contributed by atoms with Crippen LogP contribution in [0.3, 0.4) is 0 Å². The van der Waals surface area contributed by atoms with Gasteiger partial charge in [-0.3, -0.25) is 0 Å². The van der Waals surface area contributed by atoms with Gasteiger partial charge in [0, 0.05) is 0 Å². The van der Waals surface area contributed by atoms with Crippen molar-refractivity contribution in [2.75, 3.05) is 0 Å². The van der Waals surface area contributed by atoms with Gasteiger partial charge in [0.1, 0.15) is 0 Å². The number of rotatable bonds is 2. The third-order valence-electron chi connectivity index (χ3n) is 0.707. The molecule has 0 rings (SSSR count). The van der Waals surface area contributed by atoms with Crippen molar-refractivity contribution in [2.24, 2.45) is 0 Å². The molecule has 0 aliphatic heterocycles. The van der Waals surface area contributed by atoms with E-state index in [4.69, 9.17) is 0 Å². The normalized spacial score (nSPS) is 4.65. The Bertz CT molecular complexity index is 44.0. The molecule has 0 aromatic heterocycles. The Morgan fingerprint density at radius 2 is 0.652 bits per heavy atom. The van der Waals surface area contributed by atoms with E-state index in [0.717, 1.165) is 0 Å². The fourth-order valence-electron chi connectivity index (χ4n) is 0.354. The molecule has 0 fully saturated rings. The van der Waals surface area contributed by atoms with Crippen LogP contribution in [0.2, 0.25) is 0 Å². The Labute approximate surface area is 155 Å². The second-order valence-electron chi connectivity index (χ2n) is 2.47. The Morgan fingerprint density at radius 1 is 0.565 bits per heavy atom. The Balaban J connectivity index is -0.0000000142. The van der Waals surface area contributed by atoms with Crippen LogP contribution in [0.4, 0.5) is 0 Å². The molecule has 0 heteroatoms. The first-order valence-corrected chi connectivity index (χ1v) is 10.3. The molecule has 0 heterocycles. The van der Waals surface area contributed by atoms with Gasteiger partial charge >= 0.3 is 0 Å². The van der Waals surface area contributed by atoms with E-state index in [9.17, 15) is 0 Å². The molecule has 0 bridgehead atoms. The topological polar surface area (TPSA) is 0 Å². The van der Waals surface area contributed by atoms with Gasteiger partial charge in [0.2, 0.25) is 0 Å². The van der Waals surface area contributed by atoms with Crippen LogP contribution in [0.15, 0.2) is 25.8 Å². The highest BCUT2D eigenvalue weighted by Crippen LogP contribution is 1.88. The molecule has 0 unspecified atom stereocenters. The van der Waals surface area contributed by atoms with Crippen molar-refractivity contribution in [1.29, 1.82) is 0 Å². The molecular weight excluding hydrogens is 276 g/mol. The van der Waals surface area contributed by atoms with Crippen molar-refractivity contribution in [3.05, 3.63) is 25.8 Å². The number of hydrogen-bond acceptors (Lipinski definition) is 0. The van der Waals surface area contributed by atoms with Crippen LogP contribution in [0.5, 0.6) is 0 Å². The van der Waals surface area contributed by atoms with Crippen LogP contribution in [0.1, 0.15) is 130 Å². The van der Waals surface area contributed by atoms with Gasteiger partial charge in [-0.15, -0.1) is 19.7 Å². The summed E-state index contributed by atoms with van der Waals surface area (Å²) in [5, 5.41) is 0. The molecular formula is C23H60. The largest absolute Gasteiger partial charge is 0.106 e. The summed E-state index contributed by atoms with van der Waals surface area (Å²) in [6, 6.07) is 0. The lowest BCUT2D eigenvalue weighted by molar-refractivity contribution is 0.772. The van der Waals surface area contributed by atoms with Gasteiger partial charge < -0.3 is 0 Å². The second-order valence-corrected chi connectivity index (χ2v) is 2.47. The summed E-state index contributed by atoms with van der Waals surface area (Å²) in [5.74, 6) is 0. The standard InChI is InChI=1S/C5H12.C3H8.C3H6.5C2H6.C2H4/c1-3-5-4-2;2*1-3-2;6*1-2/h3-5H2,1-2H3;3H2,1-2H3;3H,1H2,2H3;5*1-2H3;1-2H2. The first-order chi connectivity index (χ1) is 11.2. The van der Waals surface area contributed by atoms with E-state index in [1.807, 2.05) is 76.2 Å². The van der Waals surface area contributed by atoms with E-state index in [2.05, 4.69) is 47.4 Å². The lowest BCUT2D eigenvalue weighted by Crippen LogP contribution is -1.59. The predicted octanol–water partition coefficient (Wildman–Crippen LogP) is 10.7. The van der Waals surface area contributed by atoms with Crippen LogP contribution in [0.25, 0.3) is 0 Å². The molecule has 0 amide bonds. The average Bonchev–Trinajstić information content (AvgIpc) is 2.67. The van der Waals surface area contributed by atoms with Gasteiger partial charge in [0.15, 0.2) is 0 Å². The third kappa shape index (κ3) is 3720. The van der Waals surface area contributed by atoms with Crippen molar-refractivity contribution < 1.29 is 0 Å². The minimum absolute atomic E-state index is 1.25. The number of allylic oxidation sites excluding steroid dienone is 1. The summed E-state index contributed by atoms with van der Waals surface area (Å²) in [5.41, 5.74) is 0. The van der Waals surface area contributed by atoms with Crippen LogP contribution in [-0.2, 0) is 0 Å². The summed E-state index contributed by atoms with van der Waals surface area (Å²) in [6.07, 6.45) is 7.08. The van der Waals surface area contributed by atoms with Crippen LogP contribution < -0.4 is 0 Å². The van der Waals surface area contributed by atoms with Crippen molar-refractivity contribution in [3.8, 4) is 0 Å². The fourth-order valence-corrected chi connectivity index (χ4v) is 0.354. The molecule has 152 valence electrons. The van der Waals surface area contributed by atoms with Crippen LogP contribution >= 0.6 is 0 Å². The zero-order valence-electron chi connectivity index (χ0n) is 20.5. The smallest absolute Gasteiger partial charge is 0.0473 e. The van der Waals surface area contributed by atoms with Crippen molar-refractivity contribution in [1.82, 2.24) is 0 Å². The van der Waals surface area contributed by atoms with E-state index < -0.39 is 0 Å². The molecule has 0 aromatic rings. The molecule has 0 aliphatic carbocycles. The first-order valence-electron chi connectivity index (χ1n) is 10.3. The highest BCUT2D eigenvalue weighted by molar-refractivity contribution is 4.51. The summed E-state index contributed by atoms with van der Waals surface area (Å²) in [6.45, 7) is 39.9. The summed E-state index contributed by atoms with van der Waals surface area (Å²) < 4.78 is 0. The Hall–Kier alpha value is -0.520. The quantitative estimate of drug-likeness (QED) is 0.440. The maximum absolute atomic E-state index is 3.36. The van der Waals surface area contributed by atoms with E-state index >= 15 is 0 Å². The van der Waals surface area contributed by atoms with Gasteiger partial charge in [-0.25, -0.2) is 0 Å². The molecule has 0 atom stereocenters. The van der Waals surface area contributed by atoms with Gasteiger partial charge in [-0.1, -0.05) is 129 Å². The Morgan fingerprint density at radius 3 is 0.652 bits per heavy atom. The lowest BCUT2D eigenvalue weighted by Gasteiger charge is -1.79. The van der Waals surface area contributed by atoms with Crippen molar-refractivity contribution in [2.45, 2.75) is 130 Å². The van der Waals surface area contributed by atoms with Gasteiger partial charge in [-0.05, 0) is 6.92 Å². The number of hydrogen-bond donors (Lipinski definition) is 0. The first kappa shape index (κ1) is 57.1. The lowest BCUT2D eigenvalue weighted by atomic mass is 10.3. The van der Waals surface area contributed by atoms with Crippen LogP contribution in [-0.4, -0.2) is 0 Å². The number of unbranched alkanes of at least 4 members (excludes halogenated alkanes) is 2. The van der Waals surface area contributed by atoms with Gasteiger partial charge in [0.05, 0.1) is 0 Å². The molecule has 0 radical (unpaired) electrons. The maximum atomic E-state index is 3.36. The maximum Gasteiger partial charge on any atom is -0.0473 e. The van der Waals surface area contributed by atoms with Crippen LogP contribution in [0, 0.1) is 0 Å². The highest BCUT2D eigenvalue weighted by Gasteiger charge is 1.68. The van der Waals surface area contributed by atoms with E-state index in [1.54, 1.807) is 6.08 Å². The van der Waals surface area contributed by atoms with E-state index in [1.165, 1.54) is 25.7 Å². The fraction of sp³-hybridized carbons (Fsp3) is 0.826. The van der Waals surface area contributed by atoms with Crippen molar-refractivity contribution >= 4 is 0 Å². The molecule has 0 aliphatic rings. The molecule has 0 saturated carbocycles. The molecule has 0 saturated heterocycles. The van der Waals surface area contributed by atoms with Gasteiger partial charge in [0.25, 0.3) is 0 Å². The van der Waals surface area contributed by atoms with E-state index in [0.29, 0.717) is 0 Å². The summed E-state index contributed by atoms with van der Waals surface area (Å²) >= 11 is 0. The SMILES string of the molecule is C=C.C=CC.CC.CC.CC.CC.CC.CCC.CCCCC. The average molecular weight is 337 g/mol. The summed E-state index contributed by atoms with van der Waals surface area (Å²) in [4.78, 5) is 0. The molecule has 0 spiro atoms. The second kappa shape index (κ2) is 449. The minimum Gasteiger partial charge on any atom is -0.106 e. The third-order valence-corrected chi connectivity index (χ3v) is 0.707. The monoisotopic (exact) mass is 336 g/mol. The molecule has 23 heavy (non-hydrogen) atoms. The van der Waals surface area contributed by atoms with E-state index in [-0.39, 0.29) is 0 Å². The van der Waals surface area contributed by atoms with Gasteiger partial charge in [-0.2, -0.15) is 0 Å². The highest BCUT2D eigenvalue weighted by atomic mass is 13.7. The zero-order valence-corrected chi connectivity index (χ0v) is 20.5. The molecule has 0 nitrogen and oxygen atoms in total. The van der Waals surface area contributed by atoms with Crippen molar-refractivity contribution in [3.63, 3.8) is 0 Å². The molecule has 0 aromatic carbocycles. The zero-order chi connectivity index (χ0) is 21.5. The molecule has 0 N–H and O–H groups in total.